The van der Waals surface area contributed by atoms with Crippen molar-refractivity contribution in [3.63, 3.8) is 0 Å². The van der Waals surface area contributed by atoms with Gasteiger partial charge in [0, 0.05) is 31.7 Å². The molecule has 7 heteroatoms. The maximum absolute atomic E-state index is 12.1. The summed E-state index contributed by atoms with van der Waals surface area (Å²) in [6, 6.07) is 0. The van der Waals surface area contributed by atoms with Gasteiger partial charge in [0.1, 0.15) is 5.60 Å². The Kier molecular flexibility index (Phi) is 5.84. The first-order chi connectivity index (χ1) is 10.2. The molecule has 0 atom stereocenters. The summed E-state index contributed by atoms with van der Waals surface area (Å²) in [5, 5.41) is 0. The number of hydrogen-bond donors (Lipinski definition) is 0. The summed E-state index contributed by atoms with van der Waals surface area (Å²) in [5.74, 6) is -1.14. The van der Waals surface area contributed by atoms with Crippen molar-refractivity contribution in [2.45, 2.75) is 46.1 Å². The van der Waals surface area contributed by atoms with Crippen LogP contribution in [0.1, 0.15) is 40.5 Å². The van der Waals surface area contributed by atoms with Gasteiger partial charge in [0.25, 0.3) is 11.8 Å². The van der Waals surface area contributed by atoms with Gasteiger partial charge >= 0.3 is 6.09 Å². The molecule has 1 aliphatic heterocycles. The first kappa shape index (κ1) is 17.9. The number of carbonyl (C=O) groups is 4. The lowest BCUT2D eigenvalue weighted by Gasteiger charge is -2.25. The zero-order chi connectivity index (χ0) is 16.9. The molecular formula is C15H22N2O5. The molecule has 22 heavy (non-hydrogen) atoms. The van der Waals surface area contributed by atoms with E-state index in [0.29, 0.717) is 6.42 Å². The van der Waals surface area contributed by atoms with E-state index >= 15 is 0 Å². The lowest BCUT2D eigenvalue weighted by molar-refractivity contribution is -0.138. The minimum Gasteiger partial charge on any atom is -0.443 e. The fraction of sp³-hybridized carbons (Fsp3) is 0.600. The van der Waals surface area contributed by atoms with Crippen molar-refractivity contribution < 1.29 is 23.9 Å². The van der Waals surface area contributed by atoms with Crippen LogP contribution in [0.25, 0.3) is 0 Å². The van der Waals surface area contributed by atoms with E-state index in [1.807, 2.05) is 0 Å². The van der Waals surface area contributed by atoms with Crippen LogP contribution in [-0.4, -0.2) is 52.3 Å². The maximum Gasteiger partial charge on any atom is 0.417 e. The van der Waals surface area contributed by atoms with E-state index in [9.17, 15) is 19.2 Å². The minimum absolute atomic E-state index is 0.0597. The second kappa shape index (κ2) is 7.20. The van der Waals surface area contributed by atoms with E-state index < -0.39 is 11.7 Å². The van der Waals surface area contributed by atoms with Crippen molar-refractivity contribution in [3.8, 4) is 0 Å². The molecule has 0 aromatic carbocycles. The van der Waals surface area contributed by atoms with Crippen LogP contribution in [0.15, 0.2) is 12.2 Å². The zero-order valence-electron chi connectivity index (χ0n) is 13.4. The molecule has 0 aromatic rings. The van der Waals surface area contributed by atoms with Crippen LogP contribution in [-0.2, 0) is 19.1 Å². The summed E-state index contributed by atoms with van der Waals surface area (Å²) in [7, 11) is 0. The van der Waals surface area contributed by atoms with Gasteiger partial charge in [-0.1, -0.05) is 0 Å². The van der Waals surface area contributed by atoms with E-state index in [0.717, 1.165) is 9.80 Å². The molecule has 0 fully saturated rings. The standard InChI is InChI=1S/C15H22N2O5/c1-5-16(14(21)22-15(2,3)4)11(18)7-6-10-17-12(19)8-9-13(17)20/h8-9H,5-7,10H2,1-4H3. The highest BCUT2D eigenvalue weighted by molar-refractivity contribution is 6.12. The molecule has 1 rings (SSSR count). The van der Waals surface area contributed by atoms with E-state index in [2.05, 4.69) is 0 Å². The third-order valence-corrected chi connectivity index (χ3v) is 2.90. The fourth-order valence-electron chi connectivity index (χ4n) is 1.90. The highest BCUT2D eigenvalue weighted by Gasteiger charge is 2.27. The Balaban J connectivity index is 2.47. The number of amides is 4. The highest BCUT2D eigenvalue weighted by Crippen LogP contribution is 2.12. The summed E-state index contributed by atoms with van der Waals surface area (Å²) in [4.78, 5) is 48.8. The normalized spacial score (nSPS) is 14.5. The van der Waals surface area contributed by atoms with Crippen molar-refractivity contribution in [2.24, 2.45) is 0 Å². The molecule has 0 spiro atoms. The van der Waals surface area contributed by atoms with Gasteiger partial charge in [0.05, 0.1) is 0 Å². The summed E-state index contributed by atoms with van der Waals surface area (Å²) >= 11 is 0. The van der Waals surface area contributed by atoms with Crippen molar-refractivity contribution in [2.75, 3.05) is 13.1 Å². The smallest absolute Gasteiger partial charge is 0.417 e. The lowest BCUT2D eigenvalue weighted by Crippen LogP contribution is -2.41. The van der Waals surface area contributed by atoms with Crippen LogP contribution in [0.3, 0.4) is 0 Å². The van der Waals surface area contributed by atoms with Gasteiger partial charge in [-0.15, -0.1) is 0 Å². The monoisotopic (exact) mass is 310 g/mol. The van der Waals surface area contributed by atoms with Crippen LogP contribution in [0, 0.1) is 0 Å². The van der Waals surface area contributed by atoms with Crippen LogP contribution >= 0.6 is 0 Å². The third-order valence-electron chi connectivity index (χ3n) is 2.90. The van der Waals surface area contributed by atoms with E-state index in [4.69, 9.17) is 4.74 Å². The quantitative estimate of drug-likeness (QED) is 0.718. The molecule has 0 bridgehead atoms. The SMILES string of the molecule is CCN(C(=O)CCCN1C(=O)C=CC1=O)C(=O)OC(C)(C)C. The molecule has 0 aromatic heterocycles. The molecule has 0 unspecified atom stereocenters. The molecule has 4 amide bonds. The van der Waals surface area contributed by atoms with Crippen molar-refractivity contribution >= 4 is 23.8 Å². The Labute approximate surface area is 129 Å². The second-order valence-electron chi connectivity index (χ2n) is 5.88. The second-order valence-corrected chi connectivity index (χ2v) is 5.88. The molecule has 0 radical (unpaired) electrons. The van der Waals surface area contributed by atoms with Crippen molar-refractivity contribution in [1.82, 2.24) is 9.80 Å². The molecule has 122 valence electrons. The minimum atomic E-state index is -0.685. The number of ether oxygens (including phenoxy) is 1. The number of carbonyl (C=O) groups excluding carboxylic acids is 4. The van der Waals surface area contributed by atoms with Gasteiger partial charge < -0.3 is 4.74 Å². The Hall–Kier alpha value is -2.18. The molecule has 0 N–H and O–H groups in total. The Bertz CT molecular complexity index is 487. The van der Waals surface area contributed by atoms with Gasteiger partial charge in [0.2, 0.25) is 5.91 Å². The summed E-state index contributed by atoms with van der Waals surface area (Å²) in [5.41, 5.74) is -0.676. The van der Waals surface area contributed by atoms with Crippen LogP contribution < -0.4 is 0 Å². The molecule has 0 saturated carbocycles. The van der Waals surface area contributed by atoms with E-state index in [-0.39, 0.29) is 37.2 Å². The van der Waals surface area contributed by atoms with E-state index in [1.54, 1.807) is 27.7 Å². The molecule has 0 aliphatic carbocycles. The first-order valence-corrected chi connectivity index (χ1v) is 7.22. The first-order valence-electron chi connectivity index (χ1n) is 7.22. The number of imide groups is 2. The molecule has 1 aliphatic rings. The topological polar surface area (TPSA) is 84.0 Å². The average molecular weight is 310 g/mol. The Morgan fingerprint density at radius 1 is 1.18 bits per heavy atom. The molecule has 1 heterocycles. The predicted octanol–water partition coefficient (Wildman–Crippen LogP) is 1.48. The molecule has 7 nitrogen and oxygen atoms in total. The molecule has 0 saturated heterocycles. The molecular weight excluding hydrogens is 288 g/mol. The highest BCUT2D eigenvalue weighted by atomic mass is 16.6. The number of rotatable bonds is 5. The van der Waals surface area contributed by atoms with Gasteiger partial charge in [-0.3, -0.25) is 19.3 Å². The van der Waals surface area contributed by atoms with Crippen molar-refractivity contribution in [1.29, 1.82) is 0 Å². The van der Waals surface area contributed by atoms with Crippen LogP contribution in [0.5, 0.6) is 0 Å². The Morgan fingerprint density at radius 3 is 2.18 bits per heavy atom. The predicted molar refractivity (Wildman–Crippen MR) is 78.7 cm³/mol. The van der Waals surface area contributed by atoms with Crippen LogP contribution in [0.2, 0.25) is 0 Å². The Morgan fingerprint density at radius 2 is 1.73 bits per heavy atom. The lowest BCUT2D eigenvalue weighted by atomic mass is 10.2. The summed E-state index contributed by atoms with van der Waals surface area (Å²) < 4.78 is 5.16. The zero-order valence-corrected chi connectivity index (χ0v) is 13.4. The van der Waals surface area contributed by atoms with Gasteiger partial charge in [-0.25, -0.2) is 9.69 Å². The largest absolute Gasteiger partial charge is 0.443 e. The third kappa shape index (κ3) is 4.98. The average Bonchev–Trinajstić information content (AvgIpc) is 2.69. The van der Waals surface area contributed by atoms with Crippen molar-refractivity contribution in [3.05, 3.63) is 12.2 Å². The van der Waals surface area contributed by atoms with E-state index in [1.165, 1.54) is 12.2 Å². The summed E-state index contributed by atoms with van der Waals surface area (Å²) in [6.07, 6.45) is 2.07. The maximum atomic E-state index is 12.1. The van der Waals surface area contributed by atoms with Crippen LogP contribution in [0.4, 0.5) is 4.79 Å². The van der Waals surface area contributed by atoms with Gasteiger partial charge in [-0.05, 0) is 34.1 Å². The fourth-order valence-corrected chi connectivity index (χ4v) is 1.90. The van der Waals surface area contributed by atoms with Gasteiger partial charge in [0.15, 0.2) is 0 Å². The van der Waals surface area contributed by atoms with Gasteiger partial charge in [-0.2, -0.15) is 0 Å². The number of hydrogen-bond acceptors (Lipinski definition) is 5. The number of nitrogens with zero attached hydrogens (tertiary/aromatic N) is 2. The summed E-state index contributed by atoms with van der Waals surface area (Å²) in [6.45, 7) is 7.21.